The van der Waals surface area contributed by atoms with Gasteiger partial charge in [0.05, 0.1) is 0 Å². The fraction of sp³-hybridized carbons (Fsp3) is 0.333. The van der Waals surface area contributed by atoms with Crippen LogP contribution in [0.5, 0.6) is 11.5 Å². The third kappa shape index (κ3) is 5.45. The number of amides is 2. The highest BCUT2D eigenvalue weighted by atomic mass is 19.1. The van der Waals surface area contributed by atoms with Crippen molar-refractivity contribution in [3.8, 4) is 11.5 Å². The van der Waals surface area contributed by atoms with Crippen LogP contribution in [-0.2, 0) is 4.79 Å². The smallest absolute Gasteiger partial charge is 0.260 e. The van der Waals surface area contributed by atoms with Crippen LogP contribution in [0.3, 0.4) is 0 Å². The van der Waals surface area contributed by atoms with Crippen LogP contribution in [0.2, 0.25) is 0 Å². The number of aromatic hydroxyl groups is 1. The molecule has 2 N–H and O–H groups in total. The van der Waals surface area contributed by atoms with Crippen molar-refractivity contribution in [2.45, 2.75) is 12.8 Å². The van der Waals surface area contributed by atoms with Crippen molar-refractivity contribution >= 4 is 11.8 Å². The number of nitrogens with one attached hydrogen (secondary N) is 1. The number of halogens is 1. The monoisotopic (exact) mass is 386 g/mol. The number of phenolic OH excluding ortho intramolecular Hbond substituents is 1. The molecule has 1 saturated heterocycles. The second-order valence-corrected chi connectivity index (χ2v) is 6.82. The summed E-state index contributed by atoms with van der Waals surface area (Å²) in [4.78, 5) is 26.1. The lowest BCUT2D eigenvalue weighted by Gasteiger charge is -2.32. The number of rotatable bonds is 6. The molecule has 3 rings (SSSR count). The van der Waals surface area contributed by atoms with Gasteiger partial charge in [-0.1, -0.05) is 0 Å². The first-order valence-electron chi connectivity index (χ1n) is 9.24. The number of carbonyl (C=O) groups is 2. The number of ether oxygens (including phenoxy) is 1. The lowest BCUT2D eigenvalue weighted by Crippen LogP contribution is -2.43. The number of likely N-dealkylation sites (tertiary alicyclic amines) is 1. The maximum absolute atomic E-state index is 12.9. The van der Waals surface area contributed by atoms with E-state index in [1.807, 2.05) is 0 Å². The first-order chi connectivity index (χ1) is 13.5. The summed E-state index contributed by atoms with van der Waals surface area (Å²) in [6.45, 7) is 1.71. The highest BCUT2D eigenvalue weighted by Crippen LogP contribution is 2.18. The van der Waals surface area contributed by atoms with E-state index >= 15 is 0 Å². The maximum atomic E-state index is 12.9. The van der Waals surface area contributed by atoms with Gasteiger partial charge < -0.3 is 20.1 Å². The van der Waals surface area contributed by atoms with Gasteiger partial charge in [-0.25, -0.2) is 4.39 Å². The molecule has 0 atom stereocenters. The van der Waals surface area contributed by atoms with Gasteiger partial charge in [-0.05, 0) is 67.3 Å². The van der Waals surface area contributed by atoms with Crippen LogP contribution in [-0.4, -0.2) is 48.1 Å². The number of carbonyl (C=O) groups excluding carboxylic acids is 2. The molecule has 6 nitrogen and oxygen atoms in total. The van der Waals surface area contributed by atoms with Crippen molar-refractivity contribution in [2.24, 2.45) is 5.92 Å². The van der Waals surface area contributed by atoms with Crippen molar-refractivity contribution in [2.75, 3.05) is 26.2 Å². The molecule has 0 aromatic heterocycles. The molecule has 28 heavy (non-hydrogen) atoms. The van der Waals surface area contributed by atoms with Gasteiger partial charge in [0.2, 0.25) is 0 Å². The zero-order chi connectivity index (χ0) is 19.9. The van der Waals surface area contributed by atoms with Crippen LogP contribution in [0.25, 0.3) is 0 Å². The van der Waals surface area contributed by atoms with E-state index in [1.165, 1.54) is 36.4 Å². The Bertz CT molecular complexity index is 800. The minimum atomic E-state index is -0.349. The number of nitrogens with zero attached hydrogens (tertiary/aromatic N) is 1. The largest absolute Gasteiger partial charge is 0.508 e. The molecule has 1 heterocycles. The van der Waals surface area contributed by atoms with Crippen LogP contribution >= 0.6 is 0 Å². The molecule has 0 saturated carbocycles. The Balaban J connectivity index is 1.37. The average molecular weight is 386 g/mol. The summed E-state index contributed by atoms with van der Waals surface area (Å²) in [5.41, 5.74) is 0.503. The fourth-order valence-electron chi connectivity index (χ4n) is 3.11. The van der Waals surface area contributed by atoms with Crippen LogP contribution in [0, 0.1) is 11.7 Å². The minimum absolute atomic E-state index is 0.0755. The Labute approximate surface area is 162 Å². The molecular formula is C21H23FN2O4. The van der Waals surface area contributed by atoms with E-state index in [0.29, 0.717) is 36.9 Å². The molecular weight excluding hydrogens is 363 g/mol. The van der Waals surface area contributed by atoms with Gasteiger partial charge in [-0.3, -0.25) is 9.59 Å². The van der Waals surface area contributed by atoms with Gasteiger partial charge in [0.15, 0.2) is 6.61 Å². The van der Waals surface area contributed by atoms with Crippen LogP contribution < -0.4 is 10.1 Å². The summed E-state index contributed by atoms with van der Waals surface area (Å²) >= 11 is 0. The van der Waals surface area contributed by atoms with E-state index in [-0.39, 0.29) is 30.0 Å². The SMILES string of the molecule is O=C(NCC1CCN(C(=O)COc2ccc(F)cc2)CC1)c1ccc(O)cc1. The number of phenols is 1. The van der Waals surface area contributed by atoms with E-state index < -0.39 is 0 Å². The molecule has 148 valence electrons. The Morgan fingerprint density at radius 3 is 2.36 bits per heavy atom. The number of benzene rings is 2. The molecule has 1 fully saturated rings. The summed E-state index contributed by atoms with van der Waals surface area (Å²) in [5.74, 6) is 0.266. The van der Waals surface area contributed by atoms with Gasteiger partial charge in [0.1, 0.15) is 17.3 Å². The van der Waals surface area contributed by atoms with Gasteiger partial charge >= 0.3 is 0 Å². The molecule has 2 aromatic rings. The summed E-state index contributed by atoms with van der Waals surface area (Å²) in [7, 11) is 0. The predicted molar refractivity (Wildman–Crippen MR) is 102 cm³/mol. The molecule has 0 aliphatic carbocycles. The highest BCUT2D eigenvalue weighted by Gasteiger charge is 2.23. The Kier molecular flexibility index (Phi) is 6.47. The number of hydrogen-bond donors (Lipinski definition) is 2. The van der Waals surface area contributed by atoms with Crippen molar-refractivity contribution in [3.05, 3.63) is 59.9 Å². The molecule has 2 aromatic carbocycles. The Morgan fingerprint density at radius 1 is 1.07 bits per heavy atom. The van der Waals surface area contributed by atoms with E-state index in [0.717, 1.165) is 12.8 Å². The third-order valence-corrected chi connectivity index (χ3v) is 4.82. The normalized spacial score (nSPS) is 14.5. The van der Waals surface area contributed by atoms with Crippen LogP contribution in [0.1, 0.15) is 23.2 Å². The molecule has 0 bridgehead atoms. The fourth-order valence-corrected chi connectivity index (χ4v) is 3.11. The molecule has 0 radical (unpaired) electrons. The van der Waals surface area contributed by atoms with E-state index in [1.54, 1.807) is 17.0 Å². The first-order valence-corrected chi connectivity index (χ1v) is 9.24. The second kappa shape index (κ2) is 9.21. The lowest BCUT2D eigenvalue weighted by molar-refractivity contribution is -0.134. The number of piperidine rings is 1. The van der Waals surface area contributed by atoms with E-state index in [2.05, 4.69) is 5.32 Å². The minimum Gasteiger partial charge on any atom is -0.508 e. The zero-order valence-electron chi connectivity index (χ0n) is 15.4. The van der Waals surface area contributed by atoms with Crippen molar-refractivity contribution in [3.63, 3.8) is 0 Å². The predicted octanol–water partition coefficient (Wildman–Crippen LogP) is 2.58. The molecule has 2 amide bonds. The summed E-state index contributed by atoms with van der Waals surface area (Å²) in [5, 5.41) is 12.2. The Morgan fingerprint density at radius 2 is 1.71 bits per heavy atom. The molecule has 0 spiro atoms. The van der Waals surface area contributed by atoms with E-state index in [9.17, 15) is 19.1 Å². The molecule has 7 heteroatoms. The highest BCUT2D eigenvalue weighted by molar-refractivity contribution is 5.94. The molecule has 1 aliphatic heterocycles. The van der Waals surface area contributed by atoms with Crippen molar-refractivity contribution in [1.29, 1.82) is 0 Å². The molecule has 0 unspecified atom stereocenters. The summed E-state index contributed by atoms with van der Waals surface area (Å²) < 4.78 is 18.3. The topological polar surface area (TPSA) is 78.9 Å². The van der Waals surface area contributed by atoms with Gasteiger partial charge in [-0.15, -0.1) is 0 Å². The third-order valence-electron chi connectivity index (χ3n) is 4.82. The summed E-state index contributed by atoms with van der Waals surface area (Å²) in [6, 6.07) is 11.7. The Hall–Kier alpha value is -3.09. The zero-order valence-corrected chi connectivity index (χ0v) is 15.4. The van der Waals surface area contributed by atoms with Gasteiger partial charge in [-0.2, -0.15) is 0 Å². The number of hydrogen-bond acceptors (Lipinski definition) is 4. The first kappa shape index (κ1) is 19.7. The molecule has 1 aliphatic rings. The average Bonchev–Trinajstić information content (AvgIpc) is 2.72. The van der Waals surface area contributed by atoms with Crippen LogP contribution in [0.15, 0.2) is 48.5 Å². The van der Waals surface area contributed by atoms with E-state index in [4.69, 9.17) is 4.74 Å². The van der Waals surface area contributed by atoms with Gasteiger partial charge in [0.25, 0.3) is 11.8 Å². The van der Waals surface area contributed by atoms with Gasteiger partial charge in [0, 0.05) is 25.2 Å². The van der Waals surface area contributed by atoms with Crippen LogP contribution in [0.4, 0.5) is 4.39 Å². The summed E-state index contributed by atoms with van der Waals surface area (Å²) in [6.07, 6.45) is 1.61. The standard InChI is InChI=1S/C21H23FN2O4/c22-17-3-7-19(8-4-17)28-14-20(26)24-11-9-15(10-12-24)13-23-21(27)16-1-5-18(25)6-2-16/h1-8,15,25H,9-14H2,(H,23,27). The quantitative estimate of drug-likeness (QED) is 0.800. The maximum Gasteiger partial charge on any atom is 0.260 e. The van der Waals surface area contributed by atoms with Crippen molar-refractivity contribution < 1.29 is 23.8 Å². The second-order valence-electron chi connectivity index (χ2n) is 6.82. The van der Waals surface area contributed by atoms with Crippen molar-refractivity contribution in [1.82, 2.24) is 10.2 Å². The lowest BCUT2D eigenvalue weighted by atomic mass is 9.96.